The van der Waals surface area contributed by atoms with Crippen LogP contribution in [-0.4, -0.2) is 64.9 Å². The monoisotopic (exact) mass is 301 g/mol. The zero-order valence-electron chi connectivity index (χ0n) is 12.8. The van der Waals surface area contributed by atoms with E-state index in [4.69, 9.17) is 5.11 Å². The van der Waals surface area contributed by atoms with Crippen molar-refractivity contribution in [3.8, 4) is 0 Å². The second-order valence-corrected chi connectivity index (χ2v) is 5.69. The Morgan fingerprint density at radius 1 is 1.38 bits per heavy atom. The van der Waals surface area contributed by atoms with Gasteiger partial charge in [-0.3, -0.25) is 0 Å². The molecule has 7 nitrogen and oxygen atoms in total. The highest BCUT2D eigenvalue weighted by molar-refractivity contribution is 5.82. The molecule has 0 aromatic heterocycles. The quantitative estimate of drug-likeness (QED) is 0.509. The molecule has 0 radical (unpaired) electrons. The molecule has 1 rings (SSSR count). The lowest BCUT2D eigenvalue weighted by Gasteiger charge is -2.33. The summed E-state index contributed by atoms with van der Waals surface area (Å²) in [5, 5.41) is 23.0. The third-order valence-electron chi connectivity index (χ3n) is 3.88. The number of carbonyl (C=O) groups is 2. The molecule has 1 aliphatic heterocycles. The summed E-state index contributed by atoms with van der Waals surface area (Å²) in [5.41, 5.74) is 0. The first-order valence-corrected chi connectivity index (χ1v) is 7.61. The molecule has 0 spiro atoms. The number of hydrogen-bond donors (Lipinski definition) is 4. The molecule has 1 unspecified atom stereocenters. The Balaban J connectivity index is 2.19. The number of carbonyl (C=O) groups excluding carboxylic acids is 1. The highest BCUT2D eigenvalue weighted by Crippen LogP contribution is 2.15. The molecule has 0 saturated carbocycles. The van der Waals surface area contributed by atoms with E-state index in [1.165, 1.54) is 26.2 Å². The second-order valence-electron chi connectivity index (χ2n) is 5.69. The summed E-state index contributed by atoms with van der Waals surface area (Å²) in [7, 11) is 0. The van der Waals surface area contributed by atoms with Crippen LogP contribution in [0.2, 0.25) is 0 Å². The van der Waals surface area contributed by atoms with Gasteiger partial charge in [0.25, 0.3) is 0 Å². The fraction of sp³-hybridized carbons (Fsp3) is 0.857. The first-order valence-electron chi connectivity index (χ1n) is 7.61. The van der Waals surface area contributed by atoms with Crippen molar-refractivity contribution in [1.82, 2.24) is 15.5 Å². The molecule has 1 aliphatic rings. The van der Waals surface area contributed by atoms with Gasteiger partial charge in [-0.05, 0) is 39.7 Å². The van der Waals surface area contributed by atoms with Crippen LogP contribution in [0.5, 0.6) is 0 Å². The molecule has 7 heteroatoms. The summed E-state index contributed by atoms with van der Waals surface area (Å²) >= 11 is 0. The van der Waals surface area contributed by atoms with E-state index in [1.54, 1.807) is 0 Å². The first kappa shape index (κ1) is 17.7. The predicted octanol–water partition coefficient (Wildman–Crippen LogP) is 0.384. The molecule has 122 valence electrons. The van der Waals surface area contributed by atoms with E-state index in [0.717, 1.165) is 19.5 Å². The molecule has 0 aromatic rings. The first-order chi connectivity index (χ1) is 9.91. The van der Waals surface area contributed by atoms with Crippen LogP contribution in [0.15, 0.2) is 0 Å². The molecule has 4 N–H and O–H groups in total. The SMILES string of the molecule is CC1CCCCN1CCCNC(=O)N[C@H](C(=O)O)[C@@H](C)O. The second kappa shape index (κ2) is 8.84. The molecule has 0 aromatic carbocycles. The molecular weight excluding hydrogens is 274 g/mol. The summed E-state index contributed by atoms with van der Waals surface area (Å²) in [4.78, 5) is 24.8. The number of aliphatic hydroxyl groups excluding tert-OH is 1. The Bertz CT molecular complexity index is 349. The van der Waals surface area contributed by atoms with Crippen molar-refractivity contribution in [2.45, 2.75) is 57.7 Å². The zero-order valence-corrected chi connectivity index (χ0v) is 12.8. The number of aliphatic hydroxyl groups is 1. The number of aliphatic carboxylic acids is 1. The van der Waals surface area contributed by atoms with Crippen LogP contribution in [0.1, 0.15) is 39.5 Å². The Labute approximate surface area is 125 Å². The zero-order chi connectivity index (χ0) is 15.8. The maximum atomic E-state index is 11.6. The normalized spacial score (nSPS) is 22.3. The standard InChI is InChI=1S/C14H27N3O4/c1-10-6-3-4-8-17(10)9-5-7-15-14(21)16-12(11(2)18)13(19)20/h10-12,18H,3-9H2,1-2H3,(H,19,20)(H2,15,16,21)/t10?,11-,12+/m1/s1. The van der Waals surface area contributed by atoms with Crippen molar-refractivity contribution in [3.05, 3.63) is 0 Å². The van der Waals surface area contributed by atoms with Crippen LogP contribution in [0.4, 0.5) is 4.79 Å². The molecule has 0 bridgehead atoms. The maximum Gasteiger partial charge on any atom is 0.328 e. The van der Waals surface area contributed by atoms with Gasteiger partial charge in [-0.1, -0.05) is 6.42 Å². The lowest BCUT2D eigenvalue weighted by atomic mass is 10.0. The topological polar surface area (TPSA) is 102 Å². The number of urea groups is 1. The van der Waals surface area contributed by atoms with Crippen LogP contribution in [0.3, 0.4) is 0 Å². The number of rotatable bonds is 7. The van der Waals surface area contributed by atoms with Crippen LogP contribution in [-0.2, 0) is 4.79 Å². The third kappa shape index (κ3) is 6.31. The van der Waals surface area contributed by atoms with Crippen molar-refractivity contribution in [3.63, 3.8) is 0 Å². The van der Waals surface area contributed by atoms with Gasteiger partial charge in [-0.25, -0.2) is 9.59 Å². The highest BCUT2D eigenvalue weighted by Gasteiger charge is 2.24. The van der Waals surface area contributed by atoms with Gasteiger partial charge >= 0.3 is 12.0 Å². The largest absolute Gasteiger partial charge is 0.480 e. The molecule has 1 fully saturated rings. The van der Waals surface area contributed by atoms with E-state index in [9.17, 15) is 14.7 Å². The van der Waals surface area contributed by atoms with E-state index < -0.39 is 24.1 Å². The van der Waals surface area contributed by atoms with Gasteiger partial charge < -0.3 is 25.7 Å². The predicted molar refractivity (Wildman–Crippen MR) is 79.1 cm³/mol. The van der Waals surface area contributed by atoms with Gasteiger partial charge in [0, 0.05) is 19.1 Å². The van der Waals surface area contributed by atoms with E-state index in [1.807, 2.05) is 0 Å². The molecule has 1 heterocycles. The molecular formula is C14H27N3O4. The van der Waals surface area contributed by atoms with E-state index in [-0.39, 0.29) is 0 Å². The van der Waals surface area contributed by atoms with Crippen LogP contribution >= 0.6 is 0 Å². The van der Waals surface area contributed by atoms with Crippen molar-refractivity contribution in [1.29, 1.82) is 0 Å². The minimum Gasteiger partial charge on any atom is -0.480 e. The van der Waals surface area contributed by atoms with Crippen molar-refractivity contribution < 1.29 is 19.8 Å². The Morgan fingerprint density at radius 2 is 2.10 bits per heavy atom. The molecule has 3 atom stereocenters. The summed E-state index contributed by atoms with van der Waals surface area (Å²) in [6, 6.07) is -1.25. The fourth-order valence-corrected chi connectivity index (χ4v) is 2.55. The summed E-state index contributed by atoms with van der Waals surface area (Å²) in [6.45, 7) is 6.08. The minimum absolute atomic E-state index is 0.487. The van der Waals surface area contributed by atoms with Gasteiger partial charge in [-0.2, -0.15) is 0 Å². The summed E-state index contributed by atoms with van der Waals surface area (Å²) < 4.78 is 0. The number of likely N-dealkylation sites (tertiary alicyclic amines) is 1. The lowest BCUT2D eigenvalue weighted by Crippen LogP contribution is -2.51. The van der Waals surface area contributed by atoms with Crippen LogP contribution in [0, 0.1) is 0 Å². The molecule has 1 saturated heterocycles. The van der Waals surface area contributed by atoms with E-state index in [0.29, 0.717) is 12.6 Å². The summed E-state index contributed by atoms with van der Waals surface area (Å²) in [5.74, 6) is -1.25. The van der Waals surface area contributed by atoms with Gasteiger partial charge in [0.1, 0.15) is 0 Å². The van der Waals surface area contributed by atoms with E-state index in [2.05, 4.69) is 22.5 Å². The number of nitrogens with one attached hydrogen (secondary N) is 2. The van der Waals surface area contributed by atoms with Gasteiger partial charge in [-0.15, -0.1) is 0 Å². The Kier molecular flexibility index (Phi) is 7.45. The average Bonchev–Trinajstić information content (AvgIpc) is 2.42. The van der Waals surface area contributed by atoms with Crippen LogP contribution in [0.25, 0.3) is 0 Å². The number of hydrogen-bond acceptors (Lipinski definition) is 4. The van der Waals surface area contributed by atoms with Gasteiger partial charge in [0.2, 0.25) is 0 Å². The smallest absolute Gasteiger partial charge is 0.328 e. The number of carboxylic acid groups (broad SMARTS) is 1. The number of amides is 2. The lowest BCUT2D eigenvalue weighted by molar-refractivity contribution is -0.141. The average molecular weight is 301 g/mol. The van der Waals surface area contributed by atoms with Gasteiger partial charge in [0.15, 0.2) is 6.04 Å². The third-order valence-corrected chi connectivity index (χ3v) is 3.88. The van der Waals surface area contributed by atoms with Crippen molar-refractivity contribution in [2.75, 3.05) is 19.6 Å². The number of carboxylic acids is 1. The van der Waals surface area contributed by atoms with Crippen molar-refractivity contribution >= 4 is 12.0 Å². The molecule has 0 aliphatic carbocycles. The highest BCUT2D eigenvalue weighted by atomic mass is 16.4. The Hall–Kier alpha value is -1.34. The van der Waals surface area contributed by atoms with Crippen LogP contribution < -0.4 is 10.6 Å². The number of piperidine rings is 1. The number of nitrogens with zero attached hydrogens (tertiary/aromatic N) is 1. The maximum absolute atomic E-state index is 11.6. The molecule has 21 heavy (non-hydrogen) atoms. The minimum atomic E-state index is -1.29. The van der Waals surface area contributed by atoms with E-state index >= 15 is 0 Å². The van der Waals surface area contributed by atoms with Crippen molar-refractivity contribution in [2.24, 2.45) is 0 Å². The fourth-order valence-electron chi connectivity index (χ4n) is 2.55. The summed E-state index contributed by atoms with van der Waals surface area (Å²) in [6.07, 6.45) is 3.43. The Morgan fingerprint density at radius 3 is 2.67 bits per heavy atom. The molecule has 2 amide bonds. The van der Waals surface area contributed by atoms with Gasteiger partial charge in [0.05, 0.1) is 6.10 Å².